The molecule has 0 fully saturated rings. The fourth-order valence-corrected chi connectivity index (χ4v) is 2.98. The summed E-state index contributed by atoms with van der Waals surface area (Å²) in [6.45, 7) is 11.3. The fourth-order valence-electron chi connectivity index (χ4n) is 2.98. The molecule has 1 aromatic carbocycles. The van der Waals surface area contributed by atoms with Gasteiger partial charge in [0.1, 0.15) is 5.75 Å². The van der Waals surface area contributed by atoms with Crippen molar-refractivity contribution in [2.45, 2.75) is 73.1 Å². The van der Waals surface area contributed by atoms with Crippen molar-refractivity contribution in [2.24, 2.45) is 5.41 Å². The lowest BCUT2D eigenvalue weighted by Crippen LogP contribution is -2.04. The fraction of sp³-hybridized carbons (Fsp3) is 0.591. The topological polar surface area (TPSA) is 9.23 Å². The van der Waals surface area contributed by atoms with Gasteiger partial charge in [-0.05, 0) is 43.2 Å². The van der Waals surface area contributed by atoms with Crippen LogP contribution in [-0.2, 0) is 0 Å². The molecule has 0 aliphatic rings. The van der Waals surface area contributed by atoms with E-state index in [2.05, 4.69) is 52.5 Å². The molecule has 0 bridgehead atoms. The van der Waals surface area contributed by atoms with Crippen LogP contribution in [0.3, 0.4) is 0 Å². The lowest BCUT2D eigenvalue weighted by atomic mass is 9.88. The third-order valence-electron chi connectivity index (χ3n) is 3.87. The highest BCUT2D eigenvalue weighted by molar-refractivity contribution is 5.70. The number of hydrogen-bond acceptors (Lipinski definition) is 1. The van der Waals surface area contributed by atoms with E-state index in [4.69, 9.17) is 4.74 Å². The van der Waals surface area contributed by atoms with Crippen molar-refractivity contribution in [3.63, 3.8) is 0 Å². The zero-order valence-electron chi connectivity index (χ0n) is 16.0. The molecule has 0 saturated heterocycles. The van der Waals surface area contributed by atoms with Gasteiger partial charge in [0.05, 0.1) is 7.11 Å². The number of ether oxygens (including phenoxy) is 1. The summed E-state index contributed by atoms with van der Waals surface area (Å²) in [6.07, 6.45) is 7.23. The Kier molecular flexibility index (Phi) is 8.20. The minimum absolute atomic E-state index is 0.297. The van der Waals surface area contributed by atoms with E-state index < -0.39 is 0 Å². The number of unbranched alkanes of at least 4 members (excludes halogenated alkanes) is 3. The first-order chi connectivity index (χ1) is 10.9. The Balaban J connectivity index is 3.13. The van der Waals surface area contributed by atoms with Gasteiger partial charge in [-0.1, -0.05) is 65.2 Å². The van der Waals surface area contributed by atoms with Gasteiger partial charge in [0.25, 0.3) is 0 Å². The second-order valence-corrected chi connectivity index (χ2v) is 7.63. The van der Waals surface area contributed by atoms with Crippen LogP contribution < -0.4 is 4.74 Å². The molecule has 0 unspecified atom stereocenters. The van der Waals surface area contributed by atoms with Crippen molar-refractivity contribution in [2.75, 3.05) is 7.11 Å². The summed E-state index contributed by atoms with van der Waals surface area (Å²) in [5, 5.41) is 0. The molecule has 23 heavy (non-hydrogen) atoms. The van der Waals surface area contributed by atoms with E-state index >= 15 is 0 Å². The van der Waals surface area contributed by atoms with E-state index in [9.17, 15) is 0 Å². The zero-order chi connectivity index (χ0) is 17.3. The Labute approximate surface area is 143 Å². The van der Waals surface area contributed by atoms with Crippen molar-refractivity contribution in [1.29, 1.82) is 0 Å². The van der Waals surface area contributed by atoms with E-state index in [1.54, 1.807) is 7.11 Å². The largest absolute Gasteiger partial charge is 0.496 e. The smallest absolute Gasteiger partial charge is 0.126 e. The highest BCUT2D eigenvalue weighted by atomic mass is 16.5. The van der Waals surface area contributed by atoms with Crippen molar-refractivity contribution in [3.8, 4) is 5.75 Å². The molecule has 0 aromatic heterocycles. The van der Waals surface area contributed by atoms with Crippen LogP contribution >= 0.6 is 0 Å². The third kappa shape index (κ3) is 7.57. The molecular formula is C22H34O. The molecular weight excluding hydrogens is 280 g/mol. The van der Waals surface area contributed by atoms with Gasteiger partial charge in [-0.3, -0.25) is 0 Å². The Hall–Kier alpha value is -1.46. The average molecular weight is 315 g/mol. The summed E-state index contributed by atoms with van der Waals surface area (Å²) in [7, 11) is 1.75. The first kappa shape index (κ1) is 19.6. The number of allylic oxidation sites excluding steroid dienone is 1. The van der Waals surface area contributed by atoms with E-state index in [0.717, 1.165) is 18.6 Å². The molecule has 0 aliphatic heterocycles. The molecule has 0 spiro atoms. The Morgan fingerprint density at radius 2 is 1.78 bits per heavy atom. The van der Waals surface area contributed by atoms with Crippen LogP contribution in [0.25, 0.3) is 5.57 Å². The van der Waals surface area contributed by atoms with E-state index in [-0.39, 0.29) is 0 Å². The van der Waals surface area contributed by atoms with E-state index in [1.165, 1.54) is 42.4 Å². The van der Waals surface area contributed by atoms with E-state index in [1.807, 2.05) is 12.1 Å². The van der Waals surface area contributed by atoms with E-state index in [0.29, 0.717) is 5.41 Å². The summed E-state index contributed by atoms with van der Waals surface area (Å²) in [5.41, 5.74) is 7.81. The molecule has 0 heterocycles. The molecule has 1 rings (SSSR count). The number of para-hydroxylation sites is 1. The number of rotatable bonds is 8. The number of benzene rings is 1. The molecule has 128 valence electrons. The number of hydrogen-bond donors (Lipinski definition) is 0. The SMILES string of the molecule is CCCCCCC(=C=C(C)CC(C)(C)C)c1ccccc1OC. The van der Waals surface area contributed by atoms with Crippen molar-refractivity contribution in [3.05, 3.63) is 41.1 Å². The predicted octanol–water partition coefficient (Wildman–Crippen LogP) is 7.03. The molecule has 1 aromatic rings. The maximum atomic E-state index is 5.57. The molecule has 0 aliphatic carbocycles. The van der Waals surface area contributed by atoms with Crippen LogP contribution in [0.2, 0.25) is 0 Å². The highest BCUT2D eigenvalue weighted by Gasteiger charge is 2.12. The maximum absolute atomic E-state index is 5.57. The summed E-state index contributed by atoms with van der Waals surface area (Å²) < 4.78 is 5.57. The molecule has 0 atom stereocenters. The summed E-state index contributed by atoms with van der Waals surface area (Å²) in [5.74, 6) is 0.953. The lowest BCUT2D eigenvalue weighted by Gasteiger charge is -2.17. The minimum Gasteiger partial charge on any atom is -0.496 e. The first-order valence-electron chi connectivity index (χ1n) is 8.96. The molecule has 1 heteroatoms. The minimum atomic E-state index is 0.297. The normalized spacial score (nSPS) is 11.0. The summed E-state index contributed by atoms with van der Waals surface area (Å²) in [6, 6.07) is 8.32. The van der Waals surface area contributed by atoms with Gasteiger partial charge >= 0.3 is 0 Å². The second kappa shape index (κ2) is 9.63. The van der Waals surface area contributed by atoms with Crippen molar-refractivity contribution >= 4 is 5.57 Å². The Morgan fingerprint density at radius 1 is 1.09 bits per heavy atom. The second-order valence-electron chi connectivity index (χ2n) is 7.63. The molecule has 1 nitrogen and oxygen atoms in total. The van der Waals surface area contributed by atoms with Crippen molar-refractivity contribution in [1.82, 2.24) is 0 Å². The summed E-state index contributed by atoms with van der Waals surface area (Å²) in [4.78, 5) is 0. The standard InChI is InChI=1S/C22H34O/c1-7-8-9-10-13-19(16-18(2)17-22(3,4)5)20-14-11-12-15-21(20)23-6/h11-12,14-15H,7-10,13,17H2,1-6H3. The van der Waals surface area contributed by atoms with Crippen LogP contribution in [0.1, 0.15) is 78.7 Å². The molecule has 0 radical (unpaired) electrons. The van der Waals surface area contributed by atoms with Crippen LogP contribution in [0.5, 0.6) is 5.75 Å². The van der Waals surface area contributed by atoms with Gasteiger partial charge in [0.15, 0.2) is 0 Å². The Bertz CT molecular complexity index is 539. The molecule has 0 N–H and O–H groups in total. The molecule has 0 amide bonds. The molecule has 0 saturated carbocycles. The van der Waals surface area contributed by atoms with Gasteiger partial charge in [-0.2, -0.15) is 0 Å². The summed E-state index contributed by atoms with van der Waals surface area (Å²) >= 11 is 0. The highest BCUT2D eigenvalue weighted by Crippen LogP contribution is 2.30. The van der Waals surface area contributed by atoms with Crippen LogP contribution in [0.4, 0.5) is 0 Å². The van der Waals surface area contributed by atoms with Gasteiger partial charge in [0, 0.05) is 11.1 Å². The van der Waals surface area contributed by atoms with Gasteiger partial charge < -0.3 is 4.74 Å². The maximum Gasteiger partial charge on any atom is 0.126 e. The third-order valence-corrected chi connectivity index (χ3v) is 3.87. The van der Waals surface area contributed by atoms with Crippen molar-refractivity contribution < 1.29 is 4.74 Å². The first-order valence-corrected chi connectivity index (χ1v) is 8.96. The average Bonchev–Trinajstić information content (AvgIpc) is 2.48. The van der Waals surface area contributed by atoms with Crippen LogP contribution in [0.15, 0.2) is 35.6 Å². The van der Waals surface area contributed by atoms with Gasteiger partial charge in [-0.25, -0.2) is 0 Å². The van der Waals surface area contributed by atoms with Crippen LogP contribution in [0, 0.1) is 5.41 Å². The lowest BCUT2D eigenvalue weighted by molar-refractivity contribution is 0.410. The monoisotopic (exact) mass is 314 g/mol. The predicted molar refractivity (Wildman–Crippen MR) is 102 cm³/mol. The van der Waals surface area contributed by atoms with Gasteiger partial charge in [-0.15, -0.1) is 5.73 Å². The zero-order valence-corrected chi connectivity index (χ0v) is 16.0. The van der Waals surface area contributed by atoms with Gasteiger partial charge in [0.2, 0.25) is 0 Å². The quantitative estimate of drug-likeness (QED) is 0.369. The number of methoxy groups -OCH3 is 1. The van der Waals surface area contributed by atoms with Crippen LogP contribution in [-0.4, -0.2) is 7.11 Å². The Morgan fingerprint density at radius 3 is 2.39 bits per heavy atom.